The molecule has 1 aromatic rings. The van der Waals surface area contributed by atoms with Gasteiger partial charge in [-0.3, -0.25) is 4.79 Å². The summed E-state index contributed by atoms with van der Waals surface area (Å²) in [4.78, 5) is 11.6. The number of aromatic hydroxyl groups is 1. The third-order valence-electron chi connectivity index (χ3n) is 2.00. The summed E-state index contributed by atoms with van der Waals surface area (Å²) in [6.45, 7) is 3.75. The quantitative estimate of drug-likeness (QED) is 0.715. The number of phenolic OH excluding ortho intramolecular Hbond substituents is 1. The number of hydrogen-bond acceptors (Lipinski definition) is 2. The summed E-state index contributed by atoms with van der Waals surface area (Å²) in [7, 11) is 0. The number of phenols is 1. The average Bonchev–Trinajstić information content (AvgIpc) is 2.22. The largest absolute Gasteiger partial charge is 0.507 e. The summed E-state index contributed by atoms with van der Waals surface area (Å²) in [6, 6.07) is 5.06. The maximum atomic E-state index is 11.6. The van der Waals surface area contributed by atoms with Gasteiger partial charge in [-0.05, 0) is 25.5 Å². The highest BCUT2D eigenvalue weighted by molar-refractivity contribution is 5.97. The van der Waals surface area contributed by atoms with Crippen molar-refractivity contribution < 1.29 is 9.90 Å². The van der Waals surface area contributed by atoms with Gasteiger partial charge in [-0.25, -0.2) is 0 Å². The van der Waals surface area contributed by atoms with Gasteiger partial charge >= 0.3 is 0 Å². The molecular formula is C12H13NO2. The van der Waals surface area contributed by atoms with Crippen LogP contribution in [0.3, 0.4) is 0 Å². The number of para-hydroxylation sites is 1. The first-order valence-corrected chi connectivity index (χ1v) is 4.63. The fraction of sp³-hybridized carbons (Fsp3) is 0.250. The molecule has 0 radical (unpaired) electrons. The summed E-state index contributed by atoms with van der Waals surface area (Å²) < 4.78 is 0. The Hall–Kier alpha value is -1.95. The SMILES string of the molecule is CC#CCNC(=O)c1cccc(C)c1O. The van der Waals surface area contributed by atoms with E-state index in [0.29, 0.717) is 12.1 Å². The van der Waals surface area contributed by atoms with Crippen LogP contribution in [0.25, 0.3) is 0 Å². The number of nitrogens with one attached hydrogen (secondary N) is 1. The molecule has 0 fully saturated rings. The van der Waals surface area contributed by atoms with Gasteiger partial charge in [0.05, 0.1) is 12.1 Å². The normalized spacial score (nSPS) is 8.93. The lowest BCUT2D eigenvalue weighted by Crippen LogP contribution is -2.23. The van der Waals surface area contributed by atoms with Crippen molar-refractivity contribution in [3.05, 3.63) is 29.3 Å². The molecule has 2 N–H and O–H groups in total. The van der Waals surface area contributed by atoms with Crippen LogP contribution in [-0.4, -0.2) is 17.6 Å². The van der Waals surface area contributed by atoms with Crippen LogP contribution in [0.4, 0.5) is 0 Å². The molecule has 0 saturated carbocycles. The Morgan fingerprint density at radius 1 is 1.53 bits per heavy atom. The molecule has 15 heavy (non-hydrogen) atoms. The van der Waals surface area contributed by atoms with Crippen molar-refractivity contribution in [1.82, 2.24) is 5.32 Å². The first-order valence-electron chi connectivity index (χ1n) is 4.63. The fourth-order valence-corrected chi connectivity index (χ4v) is 1.15. The van der Waals surface area contributed by atoms with E-state index in [2.05, 4.69) is 17.2 Å². The summed E-state index contributed by atoms with van der Waals surface area (Å²) >= 11 is 0. The third kappa shape index (κ3) is 2.75. The number of benzene rings is 1. The van der Waals surface area contributed by atoms with Crippen molar-refractivity contribution in [2.45, 2.75) is 13.8 Å². The second-order valence-electron chi connectivity index (χ2n) is 3.08. The predicted octanol–water partition coefficient (Wildman–Crippen LogP) is 1.45. The summed E-state index contributed by atoms with van der Waals surface area (Å²) in [5.41, 5.74) is 0.970. The second-order valence-corrected chi connectivity index (χ2v) is 3.08. The van der Waals surface area contributed by atoms with Crippen molar-refractivity contribution in [3.63, 3.8) is 0 Å². The molecule has 0 spiro atoms. The van der Waals surface area contributed by atoms with Crippen molar-refractivity contribution in [1.29, 1.82) is 0 Å². The lowest BCUT2D eigenvalue weighted by Gasteiger charge is -2.05. The van der Waals surface area contributed by atoms with Crippen LogP contribution < -0.4 is 5.32 Å². The van der Waals surface area contributed by atoms with E-state index in [1.54, 1.807) is 32.0 Å². The highest BCUT2D eigenvalue weighted by Crippen LogP contribution is 2.20. The number of amides is 1. The van der Waals surface area contributed by atoms with Crippen LogP contribution in [0.15, 0.2) is 18.2 Å². The third-order valence-corrected chi connectivity index (χ3v) is 2.00. The van der Waals surface area contributed by atoms with Gasteiger partial charge in [0.15, 0.2) is 0 Å². The van der Waals surface area contributed by atoms with Crippen molar-refractivity contribution in [2.75, 3.05) is 6.54 Å². The van der Waals surface area contributed by atoms with Crippen LogP contribution in [0.5, 0.6) is 5.75 Å². The molecule has 1 rings (SSSR count). The lowest BCUT2D eigenvalue weighted by molar-refractivity contribution is 0.0956. The minimum absolute atomic E-state index is 0.0273. The standard InChI is InChI=1S/C12H13NO2/c1-3-4-8-13-12(15)10-7-5-6-9(2)11(10)14/h5-7,14H,8H2,1-2H3,(H,13,15). The molecule has 0 aliphatic carbocycles. The molecular weight excluding hydrogens is 190 g/mol. The Balaban J connectivity index is 2.81. The number of hydrogen-bond donors (Lipinski definition) is 2. The summed E-state index contributed by atoms with van der Waals surface area (Å²) in [5, 5.41) is 12.2. The van der Waals surface area contributed by atoms with Crippen LogP contribution in [0.1, 0.15) is 22.8 Å². The van der Waals surface area contributed by atoms with E-state index < -0.39 is 0 Å². The molecule has 0 saturated heterocycles. The number of carbonyl (C=O) groups is 1. The molecule has 0 unspecified atom stereocenters. The van der Waals surface area contributed by atoms with Crippen LogP contribution >= 0.6 is 0 Å². The molecule has 1 aromatic carbocycles. The number of carbonyl (C=O) groups excluding carboxylic acids is 1. The van der Waals surface area contributed by atoms with Gasteiger partial charge in [0, 0.05) is 0 Å². The molecule has 1 amide bonds. The zero-order valence-electron chi connectivity index (χ0n) is 8.79. The molecule has 3 nitrogen and oxygen atoms in total. The average molecular weight is 203 g/mol. The molecule has 0 aliphatic heterocycles. The van der Waals surface area contributed by atoms with Crippen molar-refractivity contribution in [3.8, 4) is 17.6 Å². The van der Waals surface area contributed by atoms with Crippen LogP contribution in [0.2, 0.25) is 0 Å². The second kappa shape index (κ2) is 5.06. The van der Waals surface area contributed by atoms with E-state index in [4.69, 9.17) is 0 Å². The Labute approximate surface area is 89.1 Å². The van der Waals surface area contributed by atoms with E-state index in [9.17, 15) is 9.90 Å². The van der Waals surface area contributed by atoms with Gasteiger partial charge in [-0.15, -0.1) is 5.92 Å². The maximum Gasteiger partial charge on any atom is 0.255 e. The van der Waals surface area contributed by atoms with Crippen LogP contribution in [0, 0.1) is 18.8 Å². The highest BCUT2D eigenvalue weighted by Gasteiger charge is 2.10. The molecule has 0 aliphatic rings. The van der Waals surface area contributed by atoms with Crippen molar-refractivity contribution >= 4 is 5.91 Å². The minimum atomic E-state index is -0.307. The summed E-state index contributed by atoms with van der Waals surface area (Å²) in [5.74, 6) is 5.11. The van der Waals surface area contributed by atoms with Crippen molar-refractivity contribution in [2.24, 2.45) is 0 Å². The van der Waals surface area contributed by atoms with Gasteiger partial charge < -0.3 is 10.4 Å². The van der Waals surface area contributed by atoms with E-state index in [1.807, 2.05) is 0 Å². The van der Waals surface area contributed by atoms with Gasteiger partial charge in [0.1, 0.15) is 5.75 Å². The van der Waals surface area contributed by atoms with Gasteiger partial charge in [0.25, 0.3) is 5.91 Å². The fourth-order valence-electron chi connectivity index (χ4n) is 1.15. The zero-order chi connectivity index (χ0) is 11.3. The van der Waals surface area contributed by atoms with Gasteiger partial charge in [-0.2, -0.15) is 0 Å². The van der Waals surface area contributed by atoms with Gasteiger partial charge in [-0.1, -0.05) is 18.1 Å². The Morgan fingerprint density at radius 3 is 2.93 bits per heavy atom. The summed E-state index contributed by atoms with van der Waals surface area (Å²) in [6.07, 6.45) is 0. The Kier molecular flexibility index (Phi) is 3.75. The first-order chi connectivity index (χ1) is 7.16. The Morgan fingerprint density at radius 2 is 2.27 bits per heavy atom. The van der Waals surface area contributed by atoms with E-state index in [-0.39, 0.29) is 17.2 Å². The zero-order valence-corrected chi connectivity index (χ0v) is 8.79. The Bertz CT molecular complexity index is 427. The smallest absolute Gasteiger partial charge is 0.255 e. The molecule has 0 bridgehead atoms. The first kappa shape index (κ1) is 11.1. The highest BCUT2D eigenvalue weighted by atomic mass is 16.3. The molecule has 0 aromatic heterocycles. The minimum Gasteiger partial charge on any atom is -0.507 e. The van der Waals surface area contributed by atoms with Crippen LogP contribution in [-0.2, 0) is 0 Å². The molecule has 3 heteroatoms. The topological polar surface area (TPSA) is 49.3 Å². The lowest BCUT2D eigenvalue weighted by atomic mass is 10.1. The monoisotopic (exact) mass is 203 g/mol. The van der Waals surface area contributed by atoms with E-state index in [1.165, 1.54) is 0 Å². The molecule has 0 atom stereocenters. The number of aryl methyl sites for hydroxylation is 1. The molecule has 78 valence electrons. The predicted molar refractivity (Wildman–Crippen MR) is 58.6 cm³/mol. The van der Waals surface area contributed by atoms with E-state index in [0.717, 1.165) is 0 Å². The van der Waals surface area contributed by atoms with Gasteiger partial charge in [0.2, 0.25) is 0 Å². The maximum absolute atomic E-state index is 11.6. The number of rotatable bonds is 2. The van der Waals surface area contributed by atoms with E-state index >= 15 is 0 Å². The molecule has 0 heterocycles.